The molecule has 0 radical (unpaired) electrons. The molecule has 0 spiro atoms. The van der Waals surface area contributed by atoms with Crippen molar-refractivity contribution in [2.75, 3.05) is 0 Å². The molecule has 1 nitrogen and oxygen atoms in total. The topological polar surface area (TPSA) is 26.0 Å². The lowest BCUT2D eigenvalue weighted by molar-refractivity contribution is 0.609. The van der Waals surface area contributed by atoms with Crippen molar-refractivity contribution in [3.05, 3.63) is 29.1 Å². The molecular formula is C14H22FNS. The Hall–Kier alpha value is -0.540. The van der Waals surface area contributed by atoms with Gasteiger partial charge in [-0.2, -0.15) is 0 Å². The highest BCUT2D eigenvalue weighted by Gasteiger charge is 2.15. The van der Waals surface area contributed by atoms with Crippen LogP contribution in [0.4, 0.5) is 4.39 Å². The smallest absolute Gasteiger partial charge is 0.126 e. The van der Waals surface area contributed by atoms with Crippen molar-refractivity contribution in [2.24, 2.45) is 11.7 Å². The Bertz CT molecular complexity index is 388. The molecule has 17 heavy (non-hydrogen) atoms. The molecular weight excluding hydrogens is 233 g/mol. The summed E-state index contributed by atoms with van der Waals surface area (Å²) in [6.45, 7) is 10.3. The lowest BCUT2D eigenvalue weighted by atomic mass is 10.1. The molecule has 0 saturated heterocycles. The first-order chi connectivity index (χ1) is 7.82. The Balaban J connectivity index is 3.08. The summed E-state index contributed by atoms with van der Waals surface area (Å²) in [5, 5.41) is 0.498. The number of nitrogens with two attached hydrogens (primary N) is 1. The third-order valence-corrected chi connectivity index (χ3v) is 4.56. The van der Waals surface area contributed by atoms with Gasteiger partial charge in [-0.15, -0.1) is 11.8 Å². The summed E-state index contributed by atoms with van der Waals surface area (Å²) in [6, 6.07) is 3.36. The lowest BCUT2D eigenvalue weighted by Gasteiger charge is -2.19. The van der Waals surface area contributed by atoms with Crippen LogP contribution >= 0.6 is 11.8 Å². The van der Waals surface area contributed by atoms with E-state index in [9.17, 15) is 4.39 Å². The standard InChI is InChI=1S/C14H22FNS/c1-8(2)11(5)17-14-6-9(3)13(15)7-12(14)10(4)16/h6-8,10-11H,16H2,1-5H3. The van der Waals surface area contributed by atoms with E-state index in [1.165, 1.54) is 0 Å². The number of benzene rings is 1. The van der Waals surface area contributed by atoms with E-state index in [1.54, 1.807) is 24.8 Å². The zero-order valence-electron chi connectivity index (χ0n) is 11.3. The van der Waals surface area contributed by atoms with Gasteiger partial charge in [-0.05, 0) is 43.0 Å². The zero-order chi connectivity index (χ0) is 13.2. The summed E-state index contributed by atoms with van der Waals surface area (Å²) in [7, 11) is 0. The van der Waals surface area contributed by atoms with Crippen molar-refractivity contribution in [3.8, 4) is 0 Å². The molecule has 0 aromatic heterocycles. The molecule has 0 heterocycles. The highest BCUT2D eigenvalue weighted by molar-refractivity contribution is 8.00. The van der Waals surface area contributed by atoms with Crippen LogP contribution in [0.5, 0.6) is 0 Å². The van der Waals surface area contributed by atoms with E-state index in [-0.39, 0.29) is 11.9 Å². The maximum atomic E-state index is 13.6. The third kappa shape index (κ3) is 3.71. The van der Waals surface area contributed by atoms with Crippen LogP contribution in [0.2, 0.25) is 0 Å². The summed E-state index contributed by atoms with van der Waals surface area (Å²) in [5.74, 6) is 0.421. The van der Waals surface area contributed by atoms with E-state index in [4.69, 9.17) is 5.73 Å². The molecule has 0 aliphatic heterocycles. The van der Waals surface area contributed by atoms with Crippen LogP contribution in [0.3, 0.4) is 0 Å². The summed E-state index contributed by atoms with van der Waals surface area (Å²) in [4.78, 5) is 1.11. The number of halogens is 1. The molecule has 0 fully saturated rings. The molecule has 0 saturated carbocycles. The van der Waals surface area contributed by atoms with Crippen molar-refractivity contribution < 1.29 is 4.39 Å². The van der Waals surface area contributed by atoms with Gasteiger partial charge in [0.1, 0.15) is 5.82 Å². The van der Waals surface area contributed by atoms with Gasteiger partial charge >= 0.3 is 0 Å². The van der Waals surface area contributed by atoms with Gasteiger partial charge in [0.2, 0.25) is 0 Å². The maximum Gasteiger partial charge on any atom is 0.126 e. The minimum absolute atomic E-state index is 0.132. The van der Waals surface area contributed by atoms with E-state index in [1.807, 2.05) is 13.0 Å². The minimum Gasteiger partial charge on any atom is -0.324 e. The summed E-state index contributed by atoms with van der Waals surface area (Å²) < 4.78 is 13.6. The second kappa shape index (κ2) is 5.87. The normalized spacial score (nSPS) is 15.1. The molecule has 0 bridgehead atoms. The molecule has 2 unspecified atom stereocenters. The Labute approximate surface area is 108 Å². The van der Waals surface area contributed by atoms with Crippen LogP contribution in [0.1, 0.15) is 44.9 Å². The third-order valence-electron chi connectivity index (χ3n) is 3.03. The largest absolute Gasteiger partial charge is 0.324 e. The van der Waals surface area contributed by atoms with Crippen LogP contribution in [0.25, 0.3) is 0 Å². The van der Waals surface area contributed by atoms with Crippen molar-refractivity contribution in [1.82, 2.24) is 0 Å². The van der Waals surface area contributed by atoms with Gasteiger partial charge in [-0.1, -0.05) is 20.8 Å². The van der Waals surface area contributed by atoms with Crippen LogP contribution in [-0.4, -0.2) is 5.25 Å². The first-order valence-electron chi connectivity index (χ1n) is 6.05. The predicted molar refractivity (Wildman–Crippen MR) is 73.9 cm³/mol. The van der Waals surface area contributed by atoms with E-state index in [2.05, 4.69) is 20.8 Å². The molecule has 0 aliphatic carbocycles. The molecule has 0 amide bonds. The predicted octanol–water partition coefficient (Wildman–Crippen LogP) is 4.29. The van der Waals surface area contributed by atoms with Gasteiger partial charge in [0.05, 0.1) is 0 Å². The van der Waals surface area contributed by atoms with Crippen LogP contribution in [0.15, 0.2) is 17.0 Å². The quantitative estimate of drug-likeness (QED) is 0.812. The van der Waals surface area contributed by atoms with Crippen molar-refractivity contribution in [2.45, 2.75) is 50.8 Å². The number of hydrogen-bond acceptors (Lipinski definition) is 2. The Morgan fingerprint density at radius 3 is 2.24 bits per heavy atom. The van der Waals surface area contributed by atoms with Gasteiger partial charge in [0.25, 0.3) is 0 Å². The monoisotopic (exact) mass is 255 g/mol. The highest BCUT2D eigenvalue weighted by Crippen LogP contribution is 2.34. The molecule has 3 heteroatoms. The average Bonchev–Trinajstić information content (AvgIpc) is 2.22. The fourth-order valence-electron chi connectivity index (χ4n) is 1.46. The molecule has 96 valence electrons. The molecule has 1 aromatic carbocycles. The molecule has 1 aromatic rings. The Morgan fingerprint density at radius 1 is 1.18 bits per heavy atom. The molecule has 2 atom stereocenters. The van der Waals surface area contributed by atoms with Crippen molar-refractivity contribution >= 4 is 11.8 Å². The minimum atomic E-state index is -0.168. The maximum absolute atomic E-state index is 13.6. The van der Waals surface area contributed by atoms with Crippen LogP contribution in [-0.2, 0) is 0 Å². The number of thioether (sulfide) groups is 1. The van der Waals surface area contributed by atoms with Gasteiger partial charge in [-0.25, -0.2) is 4.39 Å². The van der Waals surface area contributed by atoms with Crippen LogP contribution < -0.4 is 5.73 Å². The molecule has 0 aliphatic rings. The second-order valence-electron chi connectivity index (χ2n) is 4.99. The lowest BCUT2D eigenvalue weighted by Crippen LogP contribution is -2.11. The summed E-state index contributed by atoms with van der Waals surface area (Å²) in [6.07, 6.45) is 0. The molecule has 1 rings (SSSR count). The van der Waals surface area contributed by atoms with Gasteiger partial charge < -0.3 is 5.73 Å². The highest BCUT2D eigenvalue weighted by atomic mass is 32.2. The van der Waals surface area contributed by atoms with E-state index >= 15 is 0 Å². The number of rotatable bonds is 4. The number of aryl methyl sites for hydroxylation is 1. The summed E-state index contributed by atoms with van der Waals surface area (Å²) >= 11 is 1.78. The first kappa shape index (κ1) is 14.5. The average molecular weight is 255 g/mol. The van der Waals surface area contributed by atoms with E-state index in [0.29, 0.717) is 16.7 Å². The summed E-state index contributed by atoms with van der Waals surface area (Å²) in [5.41, 5.74) is 7.50. The second-order valence-corrected chi connectivity index (χ2v) is 6.41. The van der Waals surface area contributed by atoms with Crippen molar-refractivity contribution in [3.63, 3.8) is 0 Å². The SMILES string of the molecule is Cc1cc(SC(C)C(C)C)c(C(C)N)cc1F. The van der Waals surface area contributed by atoms with E-state index < -0.39 is 0 Å². The number of hydrogen-bond donors (Lipinski definition) is 1. The van der Waals surface area contributed by atoms with Gasteiger partial charge in [0, 0.05) is 16.2 Å². The van der Waals surface area contributed by atoms with Crippen LogP contribution in [0, 0.1) is 18.7 Å². The van der Waals surface area contributed by atoms with Gasteiger partial charge in [0.15, 0.2) is 0 Å². The fourth-order valence-corrected chi connectivity index (χ4v) is 2.76. The molecule has 2 N–H and O–H groups in total. The Kier molecular flexibility index (Phi) is 5.02. The first-order valence-corrected chi connectivity index (χ1v) is 6.93. The fraction of sp³-hybridized carbons (Fsp3) is 0.571. The van der Waals surface area contributed by atoms with E-state index in [0.717, 1.165) is 10.5 Å². The van der Waals surface area contributed by atoms with Gasteiger partial charge in [-0.3, -0.25) is 0 Å². The zero-order valence-corrected chi connectivity index (χ0v) is 12.1. The van der Waals surface area contributed by atoms with Crippen molar-refractivity contribution in [1.29, 1.82) is 0 Å². The Morgan fingerprint density at radius 2 is 1.76 bits per heavy atom.